The van der Waals surface area contributed by atoms with Gasteiger partial charge in [-0.25, -0.2) is 8.42 Å². The van der Waals surface area contributed by atoms with E-state index in [1.807, 2.05) is 0 Å². The molecular weight excluding hydrogens is 254 g/mol. The number of sulfonamides is 1. The van der Waals surface area contributed by atoms with Crippen molar-refractivity contribution in [1.29, 1.82) is 0 Å². The molecule has 1 saturated carbocycles. The zero-order valence-electron chi connectivity index (χ0n) is 10.5. The first-order valence-corrected chi connectivity index (χ1v) is 7.62. The lowest BCUT2D eigenvalue weighted by Gasteiger charge is -2.30. The highest BCUT2D eigenvalue weighted by Gasteiger charge is 2.31. The first kappa shape index (κ1) is 13.5. The van der Waals surface area contributed by atoms with E-state index in [0.717, 1.165) is 25.7 Å². The molecule has 0 atom stereocenters. The van der Waals surface area contributed by atoms with Gasteiger partial charge in [0.15, 0.2) is 5.03 Å². The summed E-state index contributed by atoms with van der Waals surface area (Å²) in [4.78, 5) is 0. The summed E-state index contributed by atoms with van der Waals surface area (Å²) < 4.78 is 26.2. The average molecular weight is 273 g/mol. The van der Waals surface area contributed by atoms with Crippen LogP contribution in [0.25, 0.3) is 0 Å². The quantitative estimate of drug-likeness (QED) is 0.851. The van der Waals surface area contributed by atoms with Crippen molar-refractivity contribution in [1.82, 2.24) is 14.5 Å². The molecule has 0 aromatic carbocycles. The van der Waals surface area contributed by atoms with Gasteiger partial charge in [-0.05, 0) is 12.8 Å². The third kappa shape index (κ3) is 2.43. The molecule has 102 valence electrons. The van der Waals surface area contributed by atoms with Gasteiger partial charge in [0.25, 0.3) is 10.0 Å². The fourth-order valence-corrected chi connectivity index (χ4v) is 3.93. The molecule has 7 heteroatoms. The maximum Gasteiger partial charge on any atom is 0.260 e. The summed E-state index contributed by atoms with van der Waals surface area (Å²) in [6, 6.07) is 0.0543. The van der Waals surface area contributed by atoms with Crippen LogP contribution in [0.4, 0.5) is 0 Å². The van der Waals surface area contributed by atoms with Gasteiger partial charge in [-0.1, -0.05) is 19.3 Å². The van der Waals surface area contributed by atoms with Gasteiger partial charge in [0.2, 0.25) is 0 Å². The molecule has 2 N–H and O–H groups in total. The largest absolute Gasteiger partial charge is 0.392 e. The average Bonchev–Trinajstić information content (AvgIpc) is 2.88. The van der Waals surface area contributed by atoms with E-state index in [9.17, 15) is 8.42 Å². The van der Waals surface area contributed by atoms with Crippen LogP contribution in [0.2, 0.25) is 0 Å². The molecule has 1 heterocycles. The van der Waals surface area contributed by atoms with E-state index in [4.69, 9.17) is 5.11 Å². The van der Waals surface area contributed by atoms with Crippen molar-refractivity contribution in [2.24, 2.45) is 0 Å². The monoisotopic (exact) mass is 273 g/mol. The molecule has 1 aromatic rings. The van der Waals surface area contributed by atoms with Crippen LogP contribution in [0.1, 0.15) is 37.7 Å². The van der Waals surface area contributed by atoms with Crippen LogP contribution < -0.4 is 0 Å². The van der Waals surface area contributed by atoms with Crippen molar-refractivity contribution >= 4 is 10.0 Å². The lowest BCUT2D eigenvalue weighted by Crippen LogP contribution is -2.38. The number of aliphatic hydroxyl groups is 1. The Labute approximate surface area is 107 Å². The normalized spacial score (nSPS) is 18.4. The molecule has 1 fully saturated rings. The zero-order chi connectivity index (χ0) is 13.2. The number of nitrogens with one attached hydrogen (secondary N) is 1. The van der Waals surface area contributed by atoms with Gasteiger partial charge < -0.3 is 5.11 Å². The van der Waals surface area contributed by atoms with Crippen molar-refractivity contribution in [3.05, 3.63) is 11.8 Å². The highest BCUT2D eigenvalue weighted by molar-refractivity contribution is 7.89. The Morgan fingerprint density at radius 1 is 1.44 bits per heavy atom. The van der Waals surface area contributed by atoms with Gasteiger partial charge >= 0.3 is 0 Å². The zero-order valence-corrected chi connectivity index (χ0v) is 11.3. The lowest BCUT2D eigenvalue weighted by atomic mass is 9.96. The molecule has 6 nitrogen and oxygen atoms in total. The standard InChI is InChI=1S/C11H19N3O3S/c1-14(10-5-3-2-4-6-10)18(16,17)11-9(8-15)7-12-13-11/h7,10,15H,2-6,8H2,1H3,(H,12,13). The molecule has 0 amide bonds. The Balaban J connectivity index is 2.24. The van der Waals surface area contributed by atoms with Gasteiger partial charge in [0.1, 0.15) is 0 Å². The Morgan fingerprint density at radius 2 is 2.11 bits per heavy atom. The van der Waals surface area contributed by atoms with Crippen molar-refractivity contribution in [2.45, 2.75) is 49.8 Å². The second kappa shape index (κ2) is 5.38. The van der Waals surface area contributed by atoms with E-state index in [1.54, 1.807) is 7.05 Å². The minimum atomic E-state index is -3.58. The Bertz CT molecular complexity index is 491. The van der Waals surface area contributed by atoms with Gasteiger partial charge in [-0.15, -0.1) is 0 Å². The van der Waals surface area contributed by atoms with Crippen LogP contribution in [0.15, 0.2) is 11.2 Å². The van der Waals surface area contributed by atoms with E-state index in [1.165, 1.54) is 16.9 Å². The highest BCUT2D eigenvalue weighted by Crippen LogP contribution is 2.26. The topological polar surface area (TPSA) is 86.3 Å². The predicted octanol–water partition coefficient (Wildman–Crippen LogP) is 0.855. The summed E-state index contributed by atoms with van der Waals surface area (Å²) in [5, 5.41) is 15.3. The van der Waals surface area contributed by atoms with E-state index >= 15 is 0 Å². The molecule has 1 aromatic heterocycles. The lowest BCUT2D eigenvalue weighted by molar-refractivity contribution is 0.273. The van der Waals surface area contributed by atoms with Crippen molar-refractivity contribution in [2.75, 3.05) is 7.05 Å². The Kier molecular flexibility index (Phi) is 4.04. The molecule has 0 aliphatic heterocycles. The molecule has 1 aliphatic rings. The second-order valence-electron chi connectivity index (χ2n) is 4.70. The van der Waals surface area contributed by atoms with E-state index < -0.39 is 10.0 Å². The van der Waals surface area contributed by atoms with Gasteiger partial charge in [-0.2, -0.15) is 9.40 Å². The summed E-state index contributed by atoms with van der Waals surface area (Å²) in [5.74, 6) is 0. The number of aromatic amines is 1. The number of nitrogens with zero attached hydrogens (tertiary/aromatic N) is 2. The van der Waals surface area contributed by atoms with E-state index in [0.29, 0.717) is 5.56 Å². The smallest absolute Gasteiger partial charge is 0.260 e. The third-order valence-corrected chi connectivity index (χ3v) is 5.50. The molecule has 18 heavy (non-hydrogen) atoms. The van der Waals surface area contributed by atoms with E-state index in [-0.39, 0.29) is 17.7 Å². The van der Waals surface area contributed by atoms with Gasteiger partial charge in [0.05, 0.1) is 12.8 Å². The maximum absolute atomic E-state index is 12.4. The number of hydrogen-bond acceptors (Lipinski definition) is 4. The SMILES string of the molecule is CN(C1CCCCC1)S(=O)(=O)c1[nH]ncc1CO. The number of aromatic nitrogens is 2. The summed E-state index contributed by atoms with van der Waals surface area (Å²) >= 11 is 0. The molecule has 2 rings (SSSR count). The molecule has 0 saturated heterocycles. The molecule has 0 unspecified atom stereocenters. The van der Waals surface area contributed by atoms with Gasteiger partial charge in [-0.3, -0.25) is 5.10 Å². The van der Waals surface area contributed by atoms with Crippen LogP contribution in [-0.2, 0) is 16.6 Å². The number of aliphatic hydroxyl groups excluding tert-OH is 1. The summed E-state index contributed by atoms with van der Waals surface area (Å²) in [6.07, 6.45) is 6.47. The number of hydrogen-bond donors (Lipinski definition) is 2. The molecule has 0 radical (unpaired) electrons. The van der Waals surface area contributed by atoms with Crippen molar-refractivity contribution in [3.63, 3.8) is 0 Å². The maximum atomic E-state index is 12.4. The Morgan fingerprint density at radius 3 is 2.72 bits per heavy atom. The summed E-state index contributed by atoms with van der Waals surface area (Å²) in [5.41, 5.74) is 0.317. The molecule has 1 aliphatic carbocycles. The second-order valence-corrected chi connectivity index (χ2v) is 6.63. The van der Waals surface area contributed by atoms with Crippen molar-refractivity contribution < 1.29 is 13.5 Å². The van der Waals surface area contributed by atoms with Crippen LogP contribution in [0, 0.1) is 0 Å². The fourth-order valence-electron chi connectivity index (χ4n) is 2.42. The third-order valence-electron chi connectivity index (χ3n) is 3.57. The summed E-state index contributed by atoms with van der Waals surface area (Å²) in [6.45, 7) is -0.330. The molecule has 0 spiro atoms. The fraction of sp³-hybridized carbons (Fsp3) is 0.727. The van der Waals surface area contributed by atoms with Crippen molar-refractivity contribution in [3.8, 4) is 0 Å². The van der Waals surface area contributed by atoms with Gasteiger partial charge in [0, 0.05) is 18.7 Å². The first-order chi connectivity index (χ1) is 8.57. The highest BCUT2D eigenvalue weighted by atomic mass is 32.2. The van der Waals surface area contributed by atoms with Crippen LogP contribution in [0.3, 0.4) is 0 Å². The van der Waals surface area contributed by atoms with Crippen LogP contribution in [-0.4, -0.2) is 41.1 Å². The minimum Gasteiger partial charge on any atom is -0.392 e. The molecule has 0 bridgehead atoms. The number of rotatable bonds is 4. The number of H-pyrrole nitrogens is 1. The van der Waals surface area contributed by atoms with Crippen LogP contribution >= 0.6 is 0 Å². The summed E-state index contributed by atoms with van der Waals surface area (Å²) in [7, 11) is -1.98. The first-order valence-electron chi connectivity index (χ1n) is 6.18. The van der Waals surface area contributed by atoms with E-state index in [2.05, 4.69) is 10.2 Å². The predicted molar refractivity (Wildman–Crippen MR) is 66.3 cm³/mol. The van der Waals surface area contributed by atoms with Crippen LogP contribution in [0.5, 0.6) is 0 Å². The minimum absolute atomic E-state index is 0.0121. The Hall–Kier alpha value is -0.920. The molecular formula is C11H19N3O3S.